The van der Waals surface area contributed by atoms with Crippen molar-refractivity contribution in [3.05, 3.63) is 0 Å². The summed E-state index contributed by atoms with van der Waals surface area (Å²) >= 11 is 0. The van der Waals surface area contributed by atoms with E-state index in [1.54, 1.807) is 0 Å². The van der Waals surface area contributed by atoms with Gasteiger partial charge in [-0.25, -0.2) is 0 Å². The van der Waals surface area contributed by atoms with E-state index in [0.717, 1.165) is 25.7 Å². The number of aliphatic carboxylic acids is 1. The van der Waals surface area contributed by atoms with Crippen LogP contribution in [0.25, 0.3) is 0 Å². The number of hydrogen-bond donors (Lipinski definition) is 1. The van der Waals surface area contributed by atoms with Gasteiger partial charge in [0, 0.05) is 6.42 Å². The average Bonchev–Trinajstić information content (AvgIpc) is 2.72. The molecule has 0 amide bonds. The Kier molecular flexibility index (Phi) is 6.16. The highest BCUT2D eigenvalue weighted by Crippen LogP contribution is 2.40. The van der Waals surface area contributed by atoms with E-state index < -0.39 is 5.97 Å². The zero-order valence-electron chi connectivity index (χ0n) is 11.4. The van der Waals surface area contributed by atoms with Crippen molar-refractivity contribution in [1.82, 2.24) is 0 Å². The second-order valence-electron chi connectivity index (χ2n) is 5.23. The first-order valence-corrected chi connectivity index (χ1v) is 6.96. The Morgan fingerprint density at radius 1 is 1.28 bits per heavy atom. The van der Waals surface area contributed by atoms with Crippen LogP contribution in [-0.4, -0.2) is 23.7 Å². The molecule has 104 valence electrons. The first-order valence-electron chi connectivity index (χ1n) is 6.96. The van der Waals surface area contributed by atoms with E-state index in [-0.39, 0.29) is 23.7 Å². The summed E-state index contributed by atoms with van der Waals surface area (Å²) in [5, 5.41) is 9.12. The quantitative estimate of drug-likeness (QED) is 0.562. The van der Waals surface area contributed by atoms with Crippen molar-refractivity contribution in [2.75, 3.05) is 6.61 Å². The van der Waals surface area contributed by atoms with E-state index in [1.807, 2.05) is 13.8 Å². The molecule has 0 aliphatic heterocycles. The normalized spacial score (nSPS) is 27.1. The summed E-state index contributed by atoms with van der Waals surface area (Å²) in [6, 6.07) is 0. The lowest BCUT2D eigenvalue weighted by atomic mass is 9.94. The van der Waals surface area contributed by atoms with Crippen LogP contribution in [0, 0.1) is 17.8 Å². The maximum Gasteiger partial charge on any atom is 0.306 e. The predicted octanol–water partition coefficient (Wildman–Crippen LogP) is 2.86. The molecule has 1 rings (SSSR count). The maximum atomic E-state index is 11.6. The van der Waals surface area contributed by atoms with Gasteiger partial charge in [-0.2, -0.15) is 0 Å². The SMILES string of the molecule is CCCCOC(=O)CC1CC(CC)C(C(=O)O)C1. The third-order valence-electron chi connectivity index (χ3n) is 3.85. The molecule has 0 aromatic carbocycles. The van der Waals surface area contributed by atoms with Crippen molar-refractivity contribution in [3.8, 4) is 0 Å². The fourth-order valence-corrected chi connectivity index (χ4v) is 2.79. The lowest BCUT2D eigenvalue weighted by Crippen LogP contribution is -2.17. The van der Waals surface area contributed by atoms with Crippen LogP contribution >= 0.6 is 0 Å². The molecule has 0 spiro atoms. The largest absolute Gasteiger partial charge is 0.481 e. The second kappa shape index (κ2) is 7.39. The smallest absolute Gasteiger partial charge is 0.306 e. The lowest BCUT2D eigenvalue weighted by Gasteiger charge is -2.11. The summed E-state index contributed by atoms with van der Waals surface area (Å²) in [7, 11) is 0. The Balaban J connectivity index is 2.36. The van der Waals surface area contributed by atoms with Gasteiger partial charge in [-0.1, -0.05) is 26.7 Å². The molecule has 0 radical (unpaired) electrons. The fraction of sp³-hybridized carbons (Fsp3) is 0.857. The van der Waals surface area contributed by atoms with E-state index in [9.17, 15) is 9.59 Å². The molecule has 4 heteroatoms. The number of esters is 1. The number of ether oxygens (including phenoxy) is 1. The van der Waals surface area contributed by atoms with Crippen molar-refractivity contribution >= 4 is 11.9 Å². The van der Waals surface area contributed by atoms with Crippen LogP contribution in [0.2, 0.25) is 0 Å². The number of carbonyl (C=O) groups is 2. The molecule has 1 aliphatic carbocycles. The number of rotatable bonds is 7. The number of unbranched alkanes of at least 4 members (excludes halogenated alkanes) is 1. The van der Waals surface area contributed by atoms with Gasteiger partial charge in [0.15, 0.2) is 0 Å². The fourth-order valence-electron chi connectivity index (χ4n) is 2.79. The Labute approximate surface area is 109 Å². The topological polar surface area (TPSA) is 63.6 Å². The maximum absolute atomic E-state index is 11.6. The molecule has 0 aromatic rings. The number of carboxylic acids is 1. The van der Waals surface area contributed by atoms with Crippen molar-refractivity contribution in [3.63, 3.8) is 0 Å². The van der Waals surface area contributed by atoms with E-state index >= 15 is 0 Å². The van der Waals surface area contributed by atoms with Gasteiger partial charge in [-0.3, -0.25) is 9.59 Å². The minimum Gasteiger partial charge on any atom is -0.481 e. The first kappa shape index (κ1) is 15.0. The van der Waals surface area contributed by atoms with E-state index in [2.05, 4.69) is 0 Å². The van der Waals surface area contributed by atoms with Crippen LogP contribution in [-0.2, 0) is 14.3 Å². The van der Waals surface area contributed by atoms with Crippen LogP contribution < -0.4 is 0 Å². The second-order valence-corrected chi connectivity index (χ2v) is 5.23. The van der Waals surface area contributed by atoms with Crippen LogP contribution in [0.3, 0.4) is 0 Å². The van der Waals surface area contributed by atoms with Gasteiger partial charge < -0.3 is 9.84 Å². The summed E-state index contributed by atoms with van der Waals surface area (Å²) in [4.78, 5) is 22.7. The predicted molar refractivity (Wildman–Crippen MR) is 68.1 cm³/mol. The lowest BCUT2D eigenvalue weighted by molar-refractivity contribution is -0.146. The summed E-state index contributed by atoms with van der Waals surface area (Å²) in [6.07, 6.45) is 4.62. The van der Waals surface area contributed by atoms with Crippen LogP contribution in [0.5, 0.6) is 0 Å². The van der Waals surface area contributed by atoms with Crippen LogP contribution in [0.15, 0.2) is 0 Å². The van der Waals surface area contributed by atoms with Gasteiger partial charge in [0.1, 0.15) is 0 Å². The first-order chi connectivity index (χ1) is 8.58. The minimum absolute atomic E-state index is 0.172. The minimum atomic E-state index is -0.719. The van der Waals surface area contributed by atoms with Gasteiger partial charge in [0.05, 0.1) is 12.5 Å². The van der Waals surface area contributed by atoms with Gasteiger partial charge in [0.2, 0.25) is 0 Å². The zero-order chi connectivity index (χ0) is 13.5. The summed E-state index contributed by atoms with van der Waals surface area (Å²) in [5.74, 6) is -0.761. The van der Waals surface area contributed by atoms with Crippen molar-refractivity contribution in [2.45, 2.75) is 52.4 Å². The van der Waals surface area contributed by atoms with E-state index in [4.69, 9.17) is 9.84 Å². The van der Waals surface area contributed by atoms with Gasteiger partial charge >= 0.3 is 11.9 Å². The molecule has 1 fully saturated rings. The third-order valence-corrected chi connectivity index (χ3v) is 3.85. The molecule has 18 heavy (non-hydrogen) atoms. The van der Waals surface area contributed by atoms with Crippen molar-refractivity contribution < 1.29 is 19.4 Å². The van der Waals surface area contributed by atoms with Gasteiger partial charge in [-0.15, -0.1) is 0 Å². The molecule has 3 atom stereocenters. The molecule has 3 unspecified atom stereocenters. The van der Waals surface area contributed by atoms with E-state index in [0.29, 0.717) is 19.4 Å². The molecule has 0 heterocycles. The highest BCUT2D eigenvalue weighted by atomic mass is 16.5. The number of carbonyl (C=O) groups excluding carboxylic acids is 1. The Morgan fingerprint density at radius 2 is 2.00 bits per heavy atom. The van der Waals surface area contributed by atoms with Crippen LogP contribution in [0.1, 0.15) is 52.4 Å². The molecule has 1 aliphatic rings. The molecular formula is C14H24O4. The molecule has 1 saturated carbocycles. The number of hydrogen-bond acceptors (Lipinski definition) is 3. The summed E-state index contributed by atoms with van der Waals surface area (Å²) in [6.45, 7) is 4.55. The van der Waals surface area contributed by atoms with Gasteiger partial charge in [-0.05, 0) is 31.1 Å². The Bertz CT molecular complexity index is 288. The molecule has 0 aromatic heterocycles. The summed E-state index contributed by atoms with van der Waals surface area (Å²) < 4.78 is 5.12. The zero-order valence-corrected chi connectivity index (χ0v) is 11.4. The molecule has 1 N–H and O–H groups in total. The highest BCUT2D eigenvalue weighted by molar-refractivity contribution is 5.72. The molecule has 4 nitrogen and oxygen atoms in total. The molecular weight excluding hydrogens is 232 g/mol. The number of carboxylic acid groups (broad SMARTS) is 1. The monoisotopic (exact) mass is 256 g/mol. The highest BCUT2D eigenvalue weighted by Gasteiger charge is 2.38. The third kappa shape index (κ3) is 4.31. The van der Waals surface area contributed by atoms with Gasteiger partial charge in [0.25, 0.3) is 0 Å². The van der Waals surface area contributed by atoms with Crippen LogP contribution in [0.4, 0.5) is 0 Å². The van der Waals surface area contributed by atoms with E-state index in [1.165, 1.54) is 0 Å². The van der Waals surface area contributed by atoms with Crippen molar-refractivity contribution in [2.24, 2.45) is 17.8 Å². The summed E-state index contributed by atoms with van der Waals surface area (Å²) in [5.41, 5.74) is 0. The van der Waals surface area contributed by atoms with Crippen molar-refractivity contribution in [1.29, 1.82) is 0 Å². The standard InChI is InChI=1S/C14H24O4/c1-3-5-6-18-13(15)9-10-7-11(4-2)12(8-10)14(16)17/h10-12H,3-9H2,1-2H3,(H,16,17). The molecule has 0 bridgehead atoms. The average molecular weight is 256 g/mol. The Morgan fingerprint density at radius 3 is 2.50 bits per heavy atom. The molecule has 0 saturated heterocycles. The Hall–Kier alpha value is -1.06.